The van der Waals surface area contributed by atoms with Crippen LogP contribution in [0.4, 0.5) is 0 Å². The van der Waals surface area contributed by atoms with Crippen molar-refractivity contribution in [1.82, 2.24) is 0 Å². The van der Waals surface area contributed by atoms with Crippen LogP contribution in [-0.2, 0) is 6.42 Å². The maximum atomic E-state index is 2.34. The van der Waals surface area contributed by atoms with Crippen LogP contribution >= 0.6 is 7.92 Å². The molecule has 3 aromatic carbocycles. The first-order valence-corrected chi connectivity index (χ1v) is 13.6. The molecule has 0 bridgehead atoms. The molecule has 0 fully saturated rings. The van der Waals surface area contributed by atoms with Gasteiger partial charge >= 0.3 is 0 Å². The average molecular weight is 449 g/mol. The monoisotopic (exact) mass is 448 g/mol. The van der Waals surface area contributed by atoms with Crippen molar-refractivity contribution < 1.29 is 5.48 Å². The van der Waals surface area contributed by atoms with E-state index in [1.807, 2.05) is 0 Å². The lowest BCUT2D eigenvalue weighted by Gasteiger charge is -2.18. The van der Waals surface area contributed by atoms with E-state index in [4.69, 9.17) is 0 Å². The van der Waals surface area contributed by atoms with Gasteiger partial charge in [0.25, 0.3) is 0 Å². The largest absolute Gasteiger partial charge is 0.412 e. The Morgan fingerprint density at radius 3 is 1.50 bits per heavy atom. The fourth-order valence-corrected chi connectivity index (χ4v) is 7.10. The molecule has 2 heteroatoms. The number of benzene rings is 3. The van der Waals surface area contributed by atoms with Crippen LogP contribution in [0.5, 0.6) is 0 Å². The van der Waals surface area contributed by atoms with E-state index in [0.717, 1.165) is 0 Å². The summed E-state index contributed by atoms with van der Waals surface area (Å²) in [7, 11) is -0.216. The van der Waals surface area contributed by atoms with Crippen LogP contribution in [0.15, 0.2) is 72.8 Å². The second kappa shape index (κ2) is 14.2. The minimum Gasteiger partial charge on any atom is -0.412 e. The maximum Gasteiger partial charge on any atom is -0.0195 e. The fourth-order valence-electron chi connectivity index (χ4n) is 4.68. The van der Waals surface area contributed by atoms with Gasteiger partial charge in [0, 0.05) is 0 Å². The molecule has 0 aliphatic carbocycles. The molecule has 32 heavy (non-hydrogen) atoms. The highest BCUT2D eigenvalue weighted by Gasteiger charge is 2.12. The molecule has 0 aliphatic rings. The van der Waals surface area contributed by atoms with Crippen molar-refractivity contribution >= 4 is 18.5 Å². The summed E-state index contributed by atoms with van der Waals surface area (Å²) < 4.78 is 0. The van der Waals surface area contributed by atoms with Gasteiger partial charge in [-0.2, -0.15) is 0 Å². The highest BCUT2D eigenvalue weighted by molar-refractivity contribution is 7.73. The van der Waals surface area contributed by atoms with Crippen LogP contribution in [0.1, 0.15) is 67.2 Å². The molecular formula is C30H41OP. The van der Waals surface area contributed by atoms with Gasteiger partial charge in [-0.05, 0) is 81.4 Å². The summed E-state index contributed by atoms with van der Waals surface area (Å²) in [6.45, 7) is 6.75. The van der Waals surface area contributed by atoms with Gasteiger partial charge in [0.2, 0.25) is 0 Å². The van der Waals surface area contributed by atoms with Crippen LogP contribution < -0.4 is 10.6 Å². The minimum absolute atomic E-state index is 0. The highest BCUT2D eigenvalue weighted by Crippen LogP contribution is 2.34. The third kappa shape index (κ3) is 8.19. The van der Waals surface area contributed by atoms with E-state index in [0.29, 0.717) is 0 Å². The van der Waals surface area contributed by atoms with E-state index in [9.17, 15) is 0 Å². The topological polar surface area (TPSA) is 31.5 Å². The van der Waals surface area contributed by atoms with Crippen molar-refractivity contribution in [3.05, 3.63) is 95.1 Å². The van der Waals surface area contributed by atoms with Crippen LogP contribution in [0.3, 0.4) is 0 Å². The lowest BCUT2D eigenvalue weighted by molar-refractivity contribution is 0.589. The predicted molar refractivity (Wildman–Crippen MR) is 144 cm³/mol. The van der Waals surface area contributed by atoms with Gasteiger partial charge in [-0.15, -0.1) is 0 Å². The molecule has 3 rings (SSSR count). The summed E-state index contributed by atoms with van der Waals surface area (Å²) in [6, 6.07) is 26.9. The molecule has 3 aromatic rings. The van der Waals surface area contributed by atoms with E-state index in [2.05, 4.69) is 93.6 Å². The summed E-state index contributed by atoms with van der Waals surface area (Å²) in [5.41, 5.74) is 5.93. The molecule has 0 unspecified atom stereocenters. The first kappa shape index (κ1) is 26.3. The Balaban J connectivity index is 0.00000363. The second-order valence-electron chi connectivity index (χ2n) is 8.92. The second-order valence-corrected chi connectivity index (χ2v) is 11.3. The zero-order valence-corrected chi connectivity index (χ0v) is 21.1. The summed E-state index contributed by atoms with van der Waals surface area (Å²) in [5.74, 6) is 0. The third-order valence-electron chi connectivity index (χ3n) is 6.28. The zero-order chi connectivity index (χ0) is 21.9. The van der Waals surface area contributed by atoms with Gasteiger partial charge in [-0.3, -0.25) is 0 Å². The summed E-state index contributed by atoms with van der Waals surface area (Å²) in [4.78, 5) is 0. The molecule has 0 aliphatic heterocycles. The number of rotatable bonds is 12. The molecule has 0 atom stereocenters. The Hall–Kier alpha value is -1.95. The summed E-state index contributed by atoms with van der Waals surface area (Å²) in [5, 5.41) is 3.04. The van der Waals surface area contributed by atoms with Crippen LogP contribution in [0.25, 0.3) is 0 Å². The first-order chi connectivity index (χ1) is 15.1. The maximum absolute atomic E-state index is 2.34. The highest BCUT2D eigenvalue weighted by atomic mass is 31.1. The van der Waals surface area contributed by atoms with E-state index in [1.54, 1.807) is 5.56 Å². The molecule has 172 valence electrons. The molecular weight excluding hydrogens is 407 g/mol. The number of aryl methyl sites for hydroxylation is 3. The lowest BCUT2D eigenvalue weighted by Crippen LogP contribution is -2.13. The van der Waals surface area contributed by atoms with Gasteiger partial charge in [0.05, 0.1) is 0 Å². The predicted octanol–water partition coefficient (Wildman–Crippen LogP) is 7.19. The van der Waals surface area contributed by atoms with Crippen LogP contribution in [0.2, 0.25) is 0 Å². The van der Waals surface area contributed by atoms with Crippen molar-refractivity contribution in [3.8, 4) is 0 Å². The van der Waals surface area contributed by atoms with Crippen LogP contribution in [-0.4, -0.2) is 11.6 Å². The van der Waals surface area contributed by atoms with Gasteiger partial charge in [-0.25, -0.2) is 0 Å². The molecule has 0 aromatic heterocycles. The van der Waals surface area contributed by atoms with Crippen molar-refractivity contribution in [1.29, 1.82) is 0 Å². The Labute approximate surface area is 197 Å². The fraction of sp³-hybridized carbons (Fsp3) is 0.400. The van der Waals surface area contributed by atoms with Crippen molar-refractivity contribution in [3.63, 3.8) is 0 Å². The first-order valence-electron chi connectivity index (χ1n) is 12.1. The summed E-state index contributed by atoms with van der Waals surface area (Å²) >= 11 is 0. The minimum atomic E-state index is -0.216. The Bertz CT molecular complexity index is 842. The molecule has 0 amide bonds. The number of unbranched alkanes of at least 4 members (excludes halogenated alkanes) is 6. The SMILES string of the molecule is Cc1cc(C)c(CCCCCCCCCP(c2ccccc2)c2ccccc2)c(C)c1.O. The smallest absolute Gasteiger partial charge is 0.0195 e. The van der Waals surface area contributed by atoms with E-state index < -0.39 is 0 Å². The van der Waals surface area contributed by atoms with Gasteiger partial charge < -0.3 is 5.48 Å². The molecule has 0 heterocycles. The average Bonchev–Trinajstić information content (AvgIpc) is 2.77. The van der Waals surface area contributed by atoms with E-state index in [1.165, 1.54) is 84.8 Å². The zero-order valence-electron chi connectivity index (χ0n) is 20.2. The van der Waals surface area contributed by atoms with Gasteiger partial charge in [0.1, 0.15) is 0 Å². The third-order valence-corrected chi connectivity index (χ3v) is 8.89. The molecule has 0 radical (unpaired) electrons. The Morgan fingerprint density at radius 2 is 1.00 bits per heavy atom. The lowest BCUT2D eigenvalue weighted by atomic mass is 9.95. The summed E-state index contributed by atoms with van der Waals surface area (Å²) in [6.07, 6.45) is 12.1. The van der Waals surface area contributed by atoms with E-state index in [-0.39, 0.29) is 13.4 Å². The van der Waals surface area contributed by atoms with Crippen molar-refractivity contribution in [2.45, 2.75) is 72.1 Å². The number of hydrogen-bond acceptors (Lipinski definition) is 0. The molecule has 2 N–H and O–H groups in total. The standard InChI is InChI=1S/C30H39P.H2O/c1-25-23-26(2)30(27(3)24-25)21-15-7-5-4-6-8-16-22-31(28-17-11-9-12-18-28)29-19-13-10-14-20-29;/h9-14,17-20,23-24H,4-8,15-16,21-22H2,1-3H3;1H2. The molecule has 0 saturated carbocycles. The van der Waals surface area contributed by atoms with Crippen molar-refractivity contribution in [2.24, 2.45) is 0 Å². The normalized spacial score (nSPS) is 10.9. The van der Waals surface area contributed by atoms with Gasteiger partial charge in [-0.1, -0.05) is 110 Å². The Kier molecular flexibility index (Phi) is 11.7. The quantitative estimate of drug-likeness (QED) is 0.207. The molecule has 1 nitrogen and oxygen atoms in total. The van der Waals surface area contributed by atoms with E-state index >= 15 is 0 Å². The molecule has 0 spiro atoms. The number of hydrogen-bond donors (Lipinski definition) is 0. The van der Waals surface area contributed by atoms with Crippen molar-refractivity contribution in [2.75, 3.05) is 6.16 Å². The van der Waals surface area contributed by atoms with Gasteiger partial charge in [0.15, 0.2) is 0 Å². The molecule has 0 saturated heterocycles. The Morgan fingerprint density at radius 1 is 0.562 bits per heavy atom. The van der Waals surface area contributed by atoms with Crippen LogP contribution in [0, 0.1) is 20.8 Å².